The van der Waals surface area contributed by atoms with Crippen molar-refractivity contribution in [3.63, 3.8) is 0 Å². The van der Waals surface area contributed by atoms with Gasteiger partial charge in [0.05, 0.1) is 0 Å². The van der Waals surface area contributed by atoms with Gasteiger partial charge < -0.3 is 9.80 Å². The fourth-order valence-electron chi connectivity index (χ4n) is 3.85. The lowest BCUT2D eigenvalue weighted by Gasteiger charge is -2.28. The van der Waals surface area contributed by atoms with Crippen molar-refractivity contribution in [3.8, 4) is 0 Å². The molecular formula is C22H28N4O3S. The maximum absolute atomic E-state index is 12.8. The van der Waals surface area contributed by atoms with Gasteiger partial charge in [-0.1, -0.05) is 0 Å². The average Bonchev–Trinajstić information content (AvgIpc) is 3.58. The van der Waals surface area contributed by atoms with E-state index in [1.54, 1.807) is 29.4 Å². The number of nitrogens with zero attached hydrogens (tertiary/aromatic N) is 3. The van der Waals surface area contributed by atoms with E-state index in [1.165, 1.54) is 19.3 Å². The van der Waals surface area contributed by atoms with Crippen molar-refractivity contribution in [1.29, 1.82) is 0 Å². The number of hydrogen-bond donors (Lipinski definition) is 1. The molecule has 2 aromatic rings. The Hall–Kier alpha value is -2.61. The van der Waals surface area contributed by atoms with Crippen LogP contribution in [0.15, 0.2) is 48.8 Å². The Balaban J connectivity index is 1.37. The van der Waals surface area contributed by atoms with Crippen LogP contribution in [0.25, 0.3) is 0 Å². The van der Waals surface area contributed by atoms with Gasteiger partial charge in [-0.25, -0.2) is 8.42 Å². The van der Waals surface area contributed by atoms with Crippen molar-refractivity contribution in [2.75, 3.05) is 28.5 Å². The molecule has 1 aromatic heterocycles. The van der Waals surface area contributed by atoms with Gasteiger partial charge in [-0.3, -0.25) is 14.5 Å². The van der Waals surface area contributed by atoms with Crippen LogP contribution in [-0.2, 0) is 21.4 Å². The number of pyridine rings is 1. The predicted molar refractivity (Wildman–Crippen MR) is 118 cm³/mol. The summed E-state index contributed by atoms with van der Waals surface area (Å²) < 4.78 is 27.8. The van der Waals surface area contributed by atoms with Crippen molar-refractivity contribution in [2.24, 2.45) is 0 Å². The number of sulfonamides is 1. The van der Waals surface area contributed by atoms with Crippen LogP contribution >= 0.6 is 0 Å². The molecule has 0 unspecified atom stereocenters. The van der Waals surface area contributed by atoms with Gasteiger partial charge in [0.25, 0.3) is 0 Å². The molecule has 2 fully saturated rings. The summed E-state index contributed by atoms with van der Waals surface area (Å²) in [4.78, 5) is 20.8. The maximum Gasteiger partial charge on any atom is 0.241 e. The molecule has 0 radical (unpaired) electrons. The molecule has 1 saturated heterocycles. The molecule has 0 bridgehead atoms. The molecule has 4 rings (SSSR count). The molecule has 1 saturated carbocycles. The Kier molecular flexibility index (Phi) is 6.22. The number of carbonyl (C=O) groups is 1. The van der Waals surface area contributed by atoms with Crippen LogP contribution in [0.3, 0.4) is 0 Å². The van der Waals surface area contributed by atoms with Crippen molar-refractivity contribution in [2.45, 2.75) is 44.7 Å². The predicted octanol–water partition coefficient (Wildman–Crippen LogP) is 3.00. The number of nitrogens with one attached hydrogen (secondary N) is 1. The molecule has 0 atom stereocenters. The van der Waals surface area contributed by atoms with Crippen LogP contribution in [-0.4, -0.2) is 49.1 Å². The van der Waals surface area contributed by atoms with E-state index in [0.29, 0.717) is 12.2 Å². The first-order chi connectivity index (χ1) is 14.5. The van der Waals surface area contributed by atoms with Gasteiger partial charge in [-0.05, 0) is 74.1 Å². The third kappa shape index (κ3) is 5.50. The summed E-state index contributed by atoms with van der Waals surface area (Å²) in [6.07, 6.45) is 8.83. The first-order valence-electron chi connectivity index (χ1n) is 10.5. The monoisotopic (exact) mass is 428 g/mol. The van der Waals surface area contributed by atoms with Crippen LogP contribution < -0.4 is 9.62 Å². The van der Waals surface area contributed by atoms with Gasteiger partial charge in [0.1, 0.15) is 5.75 Å². The SMILES string of the molecule is O=C(CS(=O)(=O)Nc1ccc(N2CCCCC2)cc1)N(Cc1ccncc1)C1CC1. The zero-order valence-corrected chi connectivity index (χ0v) is 17.9. The lowest BCUT2D eigenvalue weighted by atomic mass is 10.1. The van der Waals surface area contributed by atoms with Gasteiger partial charge in [-0.2, -0.15) is 0 Å². The second kappa shape index (κ2) is 9.04. The van der Waals surface area contributed by atoms with Crippen LogP contribution in [0.1, 0.15) is 37.7 Å². The molecule has 1 N–H and O–H groups in total. The number of piperidine rings is 1. The number of aromatic nitrogens is 1. The zero-order chi connectivity index (χ0) is 21.0. The topological polar surface area (TPSA) is 82.6 Å². The van der Waals surface area contributed by atoms with E-state index in [0.717, 1.165) is 37.2 Å². The van der Waals surface area contributed by atoms with E-state index in [4.69, 9.17) is 0 Å². The van der Waals surface area contributed by atoms with E-state index in [9.17, 15) is 13.2 Å². The molecule has 1 aliphatic heterocycles. The van der Waals surface area contributed by atoms with E-state index in [2.05, 4.69) is 14.6 Å². The summed E-state index contributed by atoms with van der Waals surface area (Å²) in [6, 6.07) is 11.2. The summed E-state index contributed by atoms with van der Waals surface area (Å²) in [5, 5.41) is 0. The minimum atomic E-state index is -3.78. The fourth-order valence-corrected chi connectivity index (χ4v) is 4.90. The highest BCUT2D eigenvalue weighted by Crippen LogP contribution is 2.29. The molecule has 1 amide bonds. The largest absolute Gasteiger partial charge is 0.372 e. The smallest absolute Gasteiger partial charge is 0.241 e. The summed E-state index contributed by atoms with van der Waals surface area (Å²) in [6.45, 7) is 2.48. The standard InChI is InChI=1S/C22H28N4O3S/c27-22(26(21-8-9-21)16-18-10-12-23-13-11-18)17-30(28,29)24-19-4-6-20(7-5-19)25-14-2-1-3-15-25/h4-7,10-13,21,24H,1-3,8-9,14-17H2. The lowest BCUT2D eigenvalue weighted by molar-refractivity contribution is -0.129. The molecule has 2 aliphatic rings. The highest BCUT2D eigenvalue weighted by Gasteiger charge is 2.34. The Morgan fingerprint density at radius 1 is 1.03 bits per heavy atom. The quantitative estimate of drug-likeness (QED) is 0.699. The van der Waals surface area contributed by atoms with Gasteiger partial charge in [0.2, 0.25) is 15.9 Å². The van der Waals surface area contributed by atoms with E-state index in [1.807, 2.05) is 24.3 Å². The molecule has 0 spiro atoms. The average molecular weight is 429 g/mol. The van der Waals surface area contributed by atoms with E-state index >= 15 is 0 Å². The summed E-state index contributed by atoms with van der Waals surface area (Å²) >= 11 is 0. The number of anilines is 2. The third-order valence-electron chi connectivity index (χ3n) is 5.59. The molecule has 1 aliphatic carbocycles. The second-order valence-corrected chi connectivity index (χ2v) is 9.79. The van der Waals surface area contributed by atoms with Crippen molar-refractivity contribution >= 4 is 27.3 Å². The van der Waals surface area contributed by atoms with Crippen molar-refractivity contribution < 1.29 is 13.2 Å². The minimum absolute atomic E-state index is 0.129. The number of hydrogen-bond acceptors (Lipinski definition) is 5. The summed E-state index contributed by atoms with van der Waals surface area (Å²) in [5.41, 5.74) is 2.53. The summed E-state index contributed by atoms with van der Waals surface area (Å²) in [7, 11) is -3.78. The minimum Gasteiger partial charge on any atom is -0.372 e. The maximum atomic E-state index is 12.8. The molecule has 7 nitrogen and oxygen atoms in total. The Morgan fingerprint density at radius 3 is 2.33 bits per heavy atom. The molecule has 8 heteroatoms. The second-order valence-electron chi connectivity index (χ2n) is 8.06. The number of benzene rings is 1. The number of carbonyl (C=O) groups excluding carboxylic acids is 1. The van der Waals surface area contributed by atoms with Gasteiger partial charge in [-0.15, -0.1) is 0 Å². The van der Waals surface area contributed by atoms with Gasteiger partial charge >= 0.3 is 0 Å². The van der Waals surface area contributed by atoms with E-state index < -0.39 is 15.8 Å². The highest BCUT2D eigenvalue weighted by molar-refractivity contribution is 7.93. The van der Waals surface area contributed by atoms with Crippen LogP contribution in [0.2, 0.25) is 0 Å². The fraction of sp³-hybridized carbons (Fsp3) is 0.455. The van der Waals surface area contributed by atoms with Gasteiger partial charge in [0.15, 0.2) is 0 Å². The lowest BCUT2D eigenvalue weighted by Crippen LogP contribution is -2.38. The Labute approximate surface area is 178 Å². The Bertz CT molecular complexity index is 954. The van der Waals surface area contributed by atoms with Crippen molar-refractivity contribution in [1.82, 2.24) is 9.88 Å². The van der Waals surface area contributed by atoms with E-state index in [-0.39, 0.29) is 11.9 Å². The first kappa shape index (κ1) is 20.7. The zero-order valence-electron chi connectivity index (χ0n) is 17.0. The first-order valence-corrected chi connectivity index (χ1v) is 12.2. The van der Waals surface area contributed by atoms with Crippen LogP contribution in [0.5, 0.6) is 0 Å². The molecule has 1 aromatic carbocycles. The molecule has 2 heterocycles. The van der Waals surface area contributed by atoms with Crippen molar-refractivity contribution in [3.05, 3.63) is 54.4 Å². The molecular weight excluding hydrogens is 400 g/mol. The highest BCUT2D eigenvalue weighted by atomic mass is 32.2. The van der Waals surface area contributed by atoms with Crippen LogP contribution in [0.4, 0.5) is 11.4 Å². The molecule has 160 valence electrons. The van der Waals surface area contributed by atoms with Crippen LogP contribution in [0, 0.1) is 0 Å². The summed E-state index contributed by atoms with van der Waals surface area (Å²) in [5.74, 6) is -0.922. The number of rotatable bonds is 8. The normalized spacial score (nSPS) is 16.9. The molecule has 30 heavy (non-hydrogen) atoms. The third-order valence-corrected chi connectivity index (χ3v) is 6.76. The number of amides is 1. The Morgan fingerprint density at radius 2 is 1.70 bits per heavy atom. The van der Waals surface area contributed by atoms with Gasteiger partial charge in [0, 0.05) is 49.4 Å².